The molecule has 1 heterocycles. The number of Topliss-reactive ketones (excluding diaryl/α,β-unsaturated/α-hetero) is 1. The number of ketones is 1. The van der Waals surface area contributed by atoms with Crippen molar-refractivity contribution in [2.24, 2.45) is 5.92 Å². The van der Waals surface area contributed by atoms with Gasteiger partial charge in [0.25, 0.3) is 0 Å². The van der Waals surface area contributed by atoms with E-state index in [9.17, 15) is 9.59 Å². The molecule has 1 aliphatic heterocycles. The molecule has 3 heteroatoms. The van der Waals surface area contributed by atoms with Gasteiger partial charge < -0.3 is 5.32 Å². The summed E-state index contributed by atoms with van der Waals surface area (Å²) in [5, 5.41) is 2.79. The van der Waals surface area contributed by atoms with Crippen molar-refractivity contribution in [3.8, 4) is 0 Å². The second-order valence-corrected chi connectivity index (χ2v) is 3.00. The summed E-state index contributed by atoms with van der Waals surface area (Å²) in [6.45, 7) is 0. The van der Waals surface area contributed by atoms with Crippen molar-refractivity contribution in [3.63, 3.8) is 0 Å². The van der Waals surface area contributed by atoms with Crippen molar-refractivity contribution in [1.29, 1.82) is 0 Å². The quantitative estimate of drug-likeness (QED) is 0.474. The second kappa shape index (κ2) is 1.81. The molecule has 0 spiro atoms. The summed E-state index contributed by atoms with van der Waals surface area (Å²) in [7, 11) is 0. The smallest absolute Gasteiger partial charge is 0.230 e. The molecular weight excluding hydrogens is 130 g/mol. The van der Waals surface area contributed by atoms with Crippen LogP contribution in [-0.4, -0.2) is 17.7 Å². The van der Waals surface area contributed by atoms with E-state index in [0.29, 0.717) is 12.5 Å². The molecule has 2 rings (SSSR count). The summed E-state index contributed by atoms with van der Waals surface area (Å²) >= 11 is 0. The summed E-state index contributed by atoms with van der Waals surface area (Å²) in [5.41, 5.74) is 0. The van der Waals surface area contributed by atoms with Gasteiger partial charge in [0.05, 0.1) is 5.92 Å². The molecule has 2 bridgehead atoms. The van der Waals surface area contributed by atoms with Gasteiger partial charge in [-0.2, -0.15) is 0 Å². The Labute approximate surface area is 58.8 Å². The Balaban J connectivity index is 2.25. The maximum atomic E-state index is 11.0. The third kappa shape index (κ3) is 0.664. The molecule has 10 heavy (non-hydrogen) atoms. The molecule has 0 aromatic rings. The van der Waals surface area contributed by atoms with Gasteiger partial charge in [0.1, 0.15) is 5.78 Å². The van der Waals surface area contributed by atoms with E-state index in [4.69, 9.17) is 0 Å². The molecule has 54 valence electrons. The highest BCUT2D eigenvalue weighted by atomic mass is 16.2. The third-order valence-electron chi connectivity index (χ3n) is 2.31. The fourth-order valence-corrected chi connectivity index (χ4v) is 1.71. The van der Waals surface area contributed by atoms with E-state index >= 15 is 0 Å². The topological polar surface area (TPSA) is 46.2 Å². The van der Waals surface area contributed by atoms with Gasteiger partial charge in [-0.15, -0.1) is 0 Å². The van der Waals surface area contributed by atoms with Crippen molar-refractivity contribution in [2.75, 3.05) is 0 Å². The number of nitrogens with one attached hydrogen (secondary N) is 1. The lowest BCUT2D eigenvalue weighted by Gasteiger charge is -2.13. The Bertz CT molecular complexity index is 192. The van der Waals surface area contributed by atoms with Gasteiger partial charge in [-0.25, -0.2) is 0 Å². The van der Waals surface area contributed by atoms with Crippen LogP contribution in [0.15, 0.2) is 0 Å². The van der Waals surface area contributed by atoms with Crippen LogP contribution in [0.4, 0.5) is 0 Å². The first-order valence-corrected chi connectivity index (χ1v) is 3.60. The number of amides is 1. The van der Waals surface area contributed by atoms with Gasteiger partial charge in [0, 0.05) is 12.5 Å². The van der Waals surface area contributed by atoms with Crippen LogP contribution >= 0.6 is 0 Å². The minimum absolute atomic E-state index is 0.0486. The molecule has 1 aliphatic carbocycles. The standard InChI is InChI=1S/C7H9NO2/c9-6-2-1-4-3-5(6)7(10)8-4/h4-5H,1-3H2,(H,8,10)/t4-,5-/m1/s1. The zero-order chi connectivity index (χ0) is 7.14. The summed E-state index contributed by atoms with van der Waals surface area (Å²) < 4.78 is 0. The average molecular weight is 139 g/mol. The van der Waals surface area contributed by atoms with Gasteiger partial charge in [-0.1, -0.05) is 0 Å². The van der Waals surface area contributed by atoms with Crippen molar-refractivity contribution < 1.29 is 9.59 Å². The Morgan fingerprint density at radius 1 is 1.40 bits per heavy atom. The Morgan fingerprint density at radius 3 is 2.90 bits per heavy atom. The number of hydrogen-bond donors (Lipinski definition) is 1. The fraction of sp³-hybridized carbons (Fsp3) is 0.714. The van der Waals surface area contributed by atoms with Gasteiger partial charge >= 0.3 is 0 Å². The number of carbonyl (C=O) groups is 2. The van der Waals surface area contributed by atoms with Crippen LogP contribution in [0.3, 0.4) is 0 Å². The fourth-order valence-electron chi connectivity index (χ4n) is 1.71. The monoisotopic (exact) mass is 139 g/mol. The predicted octanol–water partition coefficient (Wildman–Crippen LogP) is -0.146. The first kappa shape index (κ1) is 5.89. The molecule has 2 fully saturated rings. The van der Waals surface area contributed by atoms with Crippen molar-refractivity contribution in [3.05, 3.63) is 0 Å². The Morgan fingerprint density at radius 2 is 2.20 bits per heavy atom. The maximum absolute atomic E-state index is 11.0. The van der Waals surface area contributed by atoms with E-state index < -0.39 is 0 Å². The molecule has 1 amide bonds. The average Bonchev–Trinajstić information content (AvgIpc) is 2.21. The van der Waals surface area contributed by atoms with Crippen molar-refractivity contribution in [1.82, 2.24) is 5.32 Å². The molecule has 0 unspecified atom stereocenters. The maximum Gasteiger partial charge on any atom is 0.230 e. The first-order valence-electron chi connectivity index (χ1n) is 3.60. The number of rotatable bonds is 0. The van der Waals surface area contributed by atoms with Gasteiger partial charge in [-0.3, -0.25) is 9.59 Å². The Hall–Kier alpha value is -0.860. The molecule has 1 N–H and O–H groups in total. The summed E-state index contributed by atoms with van der Waals surface area (Å²) in [4.78, 5) is 21.9. The van der Waals surface area contributed by atoms with E-state index in [1.807, 2.05) is 0 Å². The molecule has 0 aromatic heterocycles. The van der Waals surface area contributed by atoms with E-state index in [1.54, 1.807) is 0 Å². The van der Waals surface area contributed by atoms with Crippen LogP contribution in [0, 0.1) is 5.92 Å². The molecule has 2 atom stereocenters. The SMILES string of the molecule is O=C1CC[C@@H]2C[C@H]1C(=O)N2. The van der Waals surface area contributed by atoms with Crippen LogP contribution < -0.4 is 5.32 Å². The van der Waals surface area contributed by atoms with E-state index in [1.165, 1.54) is 0 Å². The van der Waals surface area contributed by atoms with E-state index in [2.05, 4.69) is 5.32 Å². The van der Waals surface area contributed by atoms with Crippen LogP contribution in [-0.2, 0) is 9.59 Å². The minimum Gasteiger partial charge on any atom is -0.353 e. The lowest BCUT2D eigenvalue weighted by atomic mass is 9.89. The predicted molar refractivity (Wildman–Crippen MR) is 34.3 cm³/mol. The molecule has 0 aromatic carbocycles. The summed E-state index contributed by atoms with van der Waals surface area (Å²) in [6.07, 6.45) is 2.19. The zero-order valence-electron chi connectivity index (χ0n) is 5.59. The van der Waals surface area contributed by atoms with Crippen LogP contribution in [0.1, 0.15) is 19.3 Å². The van der Waals surface area contributed by atoms with Crippen LogP contribution in [0.5, 0.6) is 0 Å². The highest BCUT2D eigenvalue weighted by molar-refractivity contribution is 6.04. The molecule has 1 saturated carbocycles. The van der Waals surface area contributed by atoms with Gasteiger partial charge in [0.2, 0.25) is 5.91 Å². The summed E-state index contributed by atoms with van der Waals surface area (Å²) in [5.74, 6) is -0.211. The third-order valence-corrected chi connectivity index (χ3v) is 2.31. The highest BCUT2D eigenvalue weighted by Crippen LogP contribution is 2.26. The van der Waals surface area contributed by atoms with Crippen LogP contribution in [0.25, 0.3) is 0 Å². The molecular formula is C7H9NO2. The van der Waals surface area contributed by atoms with Crippen LogP contribution in [0.2, 0.25) is 0 Å². The molecule has 2 aliphatic rings. The highest BCUT2D eigenvalue weighted by Gasteiger charge is 2.40. The molecule has 3 nitrogen and oxygen atoms in total. The lowest BCUT2D eigenvalue weighted by Crippen LogP contribution is -2.24. The number of hydrogen-bond acceptors (Lipinski definition) is 2. The number of fused-ring (bicyclic) bond motifs is 2. The molecule has 1 saturated heterocycles. The zero-order valence-corrected chi connectivity index (χ0v) is 5.59. The largest absolute Gasteiger partial charge is 0.353 e. The first-order chi connectivity index (χ1) is 4.77. The minimum atomic E-state index is -0.293. The lowest BCUT2D eigenvalue weighted by molar-refractivity contribution is -0.131. The number of carbonyl (C=O) groups excluding carboxylic acids is 2. The molecule has 0 radical (unpaired) electrons. The van der Waals surface area contributed by atoms with E-state index in [-0.39, 0.29) is 17.6 Å². The van der Waals surface area contributed by atoms with Gasteiger partial charge in [0.15, 0.2) is 0 Å². The van der Waals surface area contributed by atoms with Crippen molar-refractivity contribution >= 4 is 11.7 Å². The Kier molecular flexibility index (Phi) is 1.07. The normalized spacial score (nSPS) is 38.0. The van der Waals surface area contributed by atoms with Crippen molar-refractivity contribution in [2.45, 2.75) is 25.3 Å². The van der Waals surface area contributed by atoms with E-state index in [0.717, 1.165) is 12.8 Å². The second-order valence-electron chi connectivity index (χ2n) is 3.00. The summed E-state index contributed by atoms with van der Waals surface area (Å²) in [6, 6.07) is 0.301. The van der Waals surface area contributed by atoms with Gasteiger partial charge in [-0.05, 0) is 12.8 Å².